The van der Waals surface area contributed by atoms with E-state index in [9.17, 15) is 0 Å². The van der Waals surface area contributed by atoms with Gasteiger partial charge < -0.3 is 10.5 Å². The van der Waals surface area contributed by atoms with Crippen molar-refractivity contribution in [3.8, 4) is 0 Å². The Balaban J connectivity index is 2.62. The van der Waals surface area contributed by atoms with Gasteiger partial charge >= 0.3 is 0 Å². The maximum Gasteiger partial charge on any atom is 0.0650 e. The van der Waals surface area contributed by atoms with Crippen LogP contribution in [0.2, 0.25) is 0 Å². The number of hydrogen-bond donors (Lipinski definition) is 1. The summed E-state index contributed by atoms with van der Waals surface area (Å²) >= 11 is 0. The van der Waals surface area contributed by atoms with Crippen LogP contribution in [-0.4, -0.2) is 18.8 Å². The standard InChI is InChI=1S/C8H15NO/c1-8(2,9)7-3-5-10-6-4-7/h3H,4-6,9H2,1-2H3. The quantitative estimate of drug-likeness (QED) is 0.554. The van der Waals surface area contributed by atoms with Crippen molar-refractivity contribution in [3.63, 3.8) is 0 Å². The average Bonchev–Trinajstić information content (AvgIpc) is 1.88. The Labute approximate surface area is 62.1 Å². The van der Waals surface area contributed by atoms with Gasteiger partial charge in [0.2, 0.25) is 0 Å². The molecule has 58 valence electrons. The van der Waals surface area contributed by atoms with E-state index in [1.54, 1.807) is 0 Å². The predicted octanol–water partition coefficient (Wildman–Crippen LogP) is 1.07. The van der Waals surface area contributed by atoms with Gasteiger partial charge in [-0.25, -0.2) is 0 Å². The molecule has 0 spiro atoms. The molecule has 0 amide bonds. The van der Waals surface area contributed by atoms with Gasteiger partial charge in [0.25, 0.3) is 0 Å². The molecule has 1 rings (SSSR count). The summed E-state index contributed by atoms with van der Waals surface area (Å²) < 4.78 is 5.16. The molecule has 1 aliphatic heterocycles. The van der Waals surface area contributed by atoms with Crippen LogP contribution in [0.15, 0.2) is 11.6 Å². The van der Waals surface area contributed by atoms with Gasteiger partial charge in [-0.2, -0.15) is 0 Å². The van der Waals surface area contributed by atoms with E-state index in [0.29, 0.717) is 0 Å². The second kappa shape index (κ2) is 2.72. The van der Waals surface area contributed by atoms with E-state index in [4.69, 9.17) is 10.5 Å². The van der Waals surface area contributed by atoms with Gasteiger partial charge in [-0.1, -0.05) is 11.6 Å². The lowest BCUT2D eigenvalue weighted by Gasteiger charge is -2.25. The minimum Gasteiger partial charge on any atom is -0.377 e. The van der Waals surface area contributed by atoms with Crippen LogP contribution in [-0.2, 0) is 4.74 Å². The highest BCUT2D eigenvalue weighted by Crippen LogP contribution is 2.18. The minimum atomic E-state index is -0.149. The topological polar surface area (TPSA) is 35.2 Å². The molecular weight excluding hydrogens is 126 g/mol. The molecule has 0 aromatic heterocycles. The molecule has 0 radical (unpaired) electrons. The predicted molar refractivity (Wildman–Crippen MR) is 41.8 cm³/mol. The van der Waals surface area contributed by atoms with Crippen molar-refractivity contribution in [1.82, 2.24) is 0 Å². The van der Waals surface area contributed by atoms with Crippen LogP contribution in [0, 0.1) is 0 Å². The molecule has 0 saturated carbocycles. The van der Waals surface area contributed by atoms with E-state index in [1.807, 2.05) is 13.8 Å². The Morgan fingerprint density at radius 3 is 2.60 bits per heavy atom. The third-order valence-corrected chi connectivity index (χ3v) is 1.79. The minimum absolute atomic E-state index is 0.149. The van der Waals surface area contributed by atoms with Gasteiger partial charge in [0.1, 0.15) is 0 Å². The number of rotatable bonds is 1. The molecule has 0 aromatic rings. The van der Waals surface area contributed by atoms with Crippen molar-refractivity contribution in [1.29, 1.82) is 0 Å². The maximum atomic E-state index is 5.89. The number of hydrogen-bond acceptors (Lipinski definition) is 2. The highest BCUT2D eigenvalue weighted by atomic mass is 16.5. The second-order valence-corrected chi connectivity index (χ2v) is 3.28. The van der Waals surface area contributed by atoms with Crippen LogP contribution in [0.1, 0.15) is 20.3 Å². The number of ether oxygens (including phenoxy) is 1. The second-order valence-electron chi connectivity index (χ2n) is 3.28. The first-order valence-electron chi connectivity index (χ1n) is 3.67. The Hall–Kier alpha value is -0.340. The zero-order valence-corrected chi connectivity index (χ0v) is 6.68. The van der Waals surface area contributed by atoms with Crippen LogP contribution >= 0.6 is 0 Å². The smallest absolute Gasteiger partial charge is 0.0650 e. The maximum absolute atomic E-state index is 5.89. The Kier molecular flexibility index (Phi) is 2.11. The average molecular weight is 141 g/mol. The van der Waals surface area contributed by atoms with Crippen molar-refractivity contribution in [2.45, 2.75) is 25.8 Å². The molecular formula is C8H15NO. The molecule has 0 bridgehead atoms. The fourth-order valence-electron chi connectivity index (χ4n) is 1.11. The van der Waals surface area contributed by atoms with Gasteiger partial charge in [-0.15, -0.1) is 0 Å². The van der Waals surface area contributed by atoms with Crippen LogP contribution in [0.25, 0.3) is 0 Å². The zero-order chi connectivity index (χ0) is 7.61. The monoisotopic (exact) mass is 141 g/mol. The molecule has 10 heavy (non-hydrogen) atoms. The zero-order valence-electron chi connectivity index (χ0n) is 6.68. The molecule has 2 heteroatoms. The van der Waals surface area contributed by atoms with Crippen LogP contribution in [0.3, 0.4) is 0 Å². The first-order valence-corrected chi connectivity index (χ1v) is 3.67. The van der Waals surface area contributed by atoms with Crippen LogP contribution in [0.5, 0.6) is 0 Å². The van der Waals surface area contributed by atoms with Crippen molar-refractivity contribution in [3.05, 3.63) is 11.6 Å². The lowest BCUT2D eigenvalue weighted by molar-refractivity contribution is 0.150. The van der Waals surface area contributed by atoms with Gasteiger partial charge in [-0.05, 0) is 20.3 Å². The van der Waals surface area contributed by atoms with Crippen LogP contribution in [0.4, 0.5) is 0 Å². The van der Waals surface area contributed by atoms with E-state index >= 15 is 0 Å². The number of nitrogens with two attached hydrogens (primary N) is 1. The molecule has 0 saturated heterocycles. The molecule has 1 heterocycles. The molecule has 0 fully saturated rings. The molecule has 2 N–H and O–H groups in total. The summed E-state index contributed by atoms with van der Waals surface area (Å²) in [4.78, 5) is 0. The molecule has 0 aliphatic carbocycles. The fraction of sp³-hybridized carbons (Fsp3) is 0.750. The van der Waals surface area contributed by atoms with E-state index in [-0.39, 0.29) is 5.54 Å². The SMILES string of the molecule is CC(C)(N)C1=CCOCC1. The fourth-order valence-corrected chi connectivity index (χ4v) is 1.11. The third kappa shape index (κ3) is 1.82. The van der Waals surface area contributed by atoms with Gasteiger partial charge in [0.15, 0.2) is 0 Å². The highest BCUT2D eigenvalue weighted by Gasteiger charge is 2.18. The highest BCUT2D eigenvalue weighted by molar-refractivity contribution is 5.17. The summed E-state index contributed by atoms with van der Waals surface area (Å²) in [5.74, 6) is 0. The third-order valence-electron chi connectivity index (χ3n) is 1.79. The molecule has 2 nitrogen and oxygen atoms in total. The summed E-state index contributed by atoms with van der Waals surface area (Å²) in [5, 5.41) is 0. The Morgan fingerprint density at radius 2 is 2.30 bits per heavy atom. The lowest BCUT2D eigenvalue weighted by Crippen LogP contribution is -2.36. The summed E-state index contributed by atoms with van der Waals surface area (Å²) in [7, 11) is 0. The van der Waals surface area contributed by atoms with Crippen molar-refractivity contribution >= 4 is 0 Å². The van der Waals surface area contributed by atoms with Crippen molar-refractivity contribution < 1.29 is 4.74 Å². The Morgan fingerprint density at radius 1 is 1.60 bits per heavy atom. The first kappa shape index (κ1) is 7.76. The summed E-state index contributed by atoms with van der Waals surface area (Å²) in [5.41, 5.74) is 7.06. The van der Waals surface area contributed by atoms with Gasteiger partial charge in [-0.3, -0.25) is 0 Å². The first-order chi connectivity index (χ1) is 4.61. The molecule has 1 aliphatic rings. The summed E-state index contributed by atoms with van der Waals surface area (Å²) in [6.07, 6.45) is 3.08. The van der Waals surface area contributed by atoms with Gasteiger partial charge in [0, 0.05) is 5.54 Å². The van der Waals surface area contributed by atoms with E-state index < -0.39 is 0 Å². The van der Waals surface area contributed by atoms with Crippen molar-refractivity contribution in [2.24, 2.45) is 5.73 Å². The van der Waals surface area contributed by atoms with E-state index in [1.165, 1.54) is 5.57 Å². The molecule has 0 atom stereocenters. The summed E-state index contributed by atoms with van der Waals surface area (Å²) in [6, 6.07) is 0. The van der Waals surface area contributed by atoms with Crippen LogP contribution < -0.4 is 5.73 Å². The van der Waals surface area contributed by atoms with E-state index in [0.717, 1.165) is 19.6 Å². The normalized spacial score (nSPS) is 20.5. The van der Waals surface area contributed by atoms with Gasteiger partial charge in [0.05, 0.1) is 13.2 Å². The summed E-state index contributed by atoms with van der Waals surface area (Å²) in [6.45, 7) is 5.62. The largest absolute Gasteiger partial charge is 0.377 e. The lowest BCUT2D eigenvalue weighted by atomic mass is 9.92. The van der Waals surface area contributed by atoms with E-state index in [2.05, 4.69) is 6.08 Å². The molecule has 0 unspecified atom stereocenters. The molecule has 0 aromatic carbocycles. The Bertz CT molecular complexity index is 144. The van der Waals surface area contributed by atoms with Crippen molar-refractivity contribution in [2.75, 3.05) is 13.2 Å².